The third-order valence-corrected chi connectivity index (χ3v) is 2.10. The van der Waals surface area contributed by atoms with E-state index in [4.69, 9.17) is 15.3 Å². The highest BCUT2D eigenvalue weighted by Crippen LogP contribution is 2.29. The second-order valence-corrected chi connectivity index (χ2v) is 3.16. The molecule has 0 amide bonds. The highest BCUT2D eigenvalue weighted by molar-refractivity contribution is 5.93. The van der Waals surface area contributed by atoms with Crippen LogP contribution in [0.4, 0.5) is 5.69 Å². The van der Waals surface area contributed by atoms with E-state index in [1.165, 1.54) is 0 Å². The number of anilines is 1. The molecule has 1 aromatic rings. The predicted molar refractivity (Wildman–Crippen MR) is 68.5 cm³/mol. The average molecular weight is 238 g/mol. The van der Waals surface area contributed by atoms with Crippen molar-refractivity contribution in [3.05, 3.63) is 18.2 Å². The molecule has 6 nitrogen and oxygen atoms in total. The quantitative estimate of drug-likeness (QED) is 0.315. The van der Waals surface area contributed by atoms with Gasteiger partial charge in [-0.3, -0.25) is 10.4 Å². The molecule has 0 aromatic heterocycles. The molecule has 1 aromatic carbocycles. The summed E-state index contributed by atoms with van der Waals surface area (Å²) in [6, 6.07) is 5.46. The molecule has 0 heterocycles. The number of nitrogens with two attached hydrogens (primary N) is 1. The van der Waals surface area contributed by atoms with Crippen molar-refractivity contribution in [3.63, 3.8) is 0 Å². The normalized spacial score (nSPS) is 10.9. The van der Waals surface area contributed by atoms with Crippen molar-refractivity contribution in [2.75, 3.05) is 26.1 Å². The molecule has 94 valence electrons. The zero-order valence-electron chi connectivity index (χ0n) is 10.3. The Morgan fingerprint density at radius 2 is 2.00 bits per heavy atom. The summed E-state index contributed by atoms with van der Waals surface area (Å²) in [4.78, 5) is 4.13. The lowest BCUT2D eigenvalue weighted by Crippen LogP contribution is -2.36. The molecule has 0 atom stereocenters. The Hall–Kier alpha value is -1.95. The molecule has 0 aliphatic rings. The SMILES string of the molecule is CCN=C(NN)Nc1ccc(OC)c(OC)c1. The minimum atomic E-state index is 0.500. The van der Waals surface area contributed by atoms with Gasteiger partial charge in [-0.2, -0.15) is 0 Å². The second-order valence-electron chi connectivity index (χ2n) is 3.16. The van der Waals surface area contributed by atoms with Gasteiger partial charge in [-0.15, -0.1) is 0 Å². The Balaban J connectivity index is 2.88. The number of rotatable bonds is 4. The molecule has 0 radical (unpaired) electrons. The summed E-state index contributed by atoms with van der Waals surface area (Å²) in [6.45, 7) is 2.56. The van der Waals surface area contributed by atoms with Crippen molar-refractivity contribution < 1.29 is 9.47 Å². The molecule has 0 saturated heterocycles. The Kier molecular flexibility index (Phi) is 5.09. The highest BCUT2D eigenvalue weighted by Gasteiger charge is 2.05. The lowest BCUT2D eigenvalue weighted by molar-refractivity contribution is 0.355. The Morgan fingerprint density at radius 1 is 1.29 bits per heavy atom. The van der Waals surface area contributed by atoms with Crippen LogP contribution in [-0.4, -0.2) is 26.7 Å². The Morgan fingerprint density at radius 3 is 2.53 bits per heavy atom. The second kappa shape index (κ2) is 6.59. The number of aliphatic imine (C=N–C) groups is 1. The molecule has 0 fully saturated rings. The fourth-order valence-electron chi connectivity index (χ4n) is 1.33. The van der Waals surface area contributed by atoms with Crippen LogP contribution in [0.15, 0.2) is 23.2 Å². The van der Waals surface area contributed by atoms with Gasteiger partial charge < -0.3 is 14.8 Å². The van der Waals surface area contributed by atoms with Crippen LogP contribution >= 0.6 is 0 Å². The maximum atomic E-state index is 5.33. The monoisotopic (exact) mass is 238 g/mol. The van der Waals surface area contributed by atoms with Gasteiger partial charge in [0.1, 0.15) is 0 Å². The molecule has 0 spiro atoms. The van der Waals surface area contributed by atoms with E-state index in [9.17, 15) is 0 Å². The van der Waals surface area contributed by atoms with E-state index in [0.717, 1.165) is 5.69 Å². The number of nitrogens with zero attached hydrogens (tertiary/aromatic N) is 1. The first-order valence-corrected chi connectivity index (χ1v) is 5.25. The third kappa shape index (κ3) is 3.53. The molecule has 1 rings (SSSR count). The summed E-state index contributed by atoms with van der Waals surface area (Å²) in [6.07, 6.45) is 0. The van der Waals surface area contributed by atoms with Crippen LogP contribution < -0.4 is 26.1 Å². The fourth-order valence-corrected chi connectivity index (χ4v) is 1.33. The maximum absolute atomic E-state index is 5.33. The van der Waals surface area contributed by atoms with Crippen molar-refractivity contribution >= 4 is 11.6 Å². The van der Waals surface area contributed by atoms with Crippen LogP contribution in [0.2, 0.25) is 0 Å². The van der Waals surface area contributed by atoms with Gasteiger partial charge >= 0.3 is 0 Å². The average Bonchev–Trinajstić information content (AvgIpc) is 2.38. The molecule has 0 saturated carbocycles. The number of guanidine groups is 1. The number of ether oxygens (including phenoxy) is 2. The van der Waals surface area contributed by atoms with Crippen molar-refractivity contribution in [2.45, 2.75) is 6.92 Å². The summed E-state index contributed by atoms with van der Waals surface area (Å²) in [5, 5.41) is 3.03. The van der Waals surface area contributed by atoms with Crippen LogP contribution in [0.25, 0.3) is 0 Å². The van der Waals surface area contributed by atoms with Gasteiger partial charge in [-0.25, -0.2) is 5.84 Å². The standard InChI is InChI=1S/C11H18N4O2/c1-4-13-11(15-12)14-8-5-6-9(16-2)10(7-8)17-3/h5-7H,4,12H2,1-3H3,(H2,13,14,15). The molecule has 0 aliphatic heterocycles. The lowest BCUT2D eigenvalue weighted by Gasteiger charge is -2.12. The zero-order chi connectivity index (χ0) is 12.7. The van der Waals surface area contributed by atoms with Gasteiger partial charge in [0.2, 0.25) is 5.96 Å². The van der Waals surface area contributed by atoms with Crippen molar-refractivity contribution in [1.82, 2.24) is 5.43 Å². The van der Waals surface area contributed by atoms with Crippen molar-refractivity contribution in [1.29, 1.82) is 0 Å². The summed E-state index contributed by atoms with van der Waals surface area (Å²) < 4.78 is 10.3. The van der Waals surface area contributed by atoms with E-state index >= 15 is 0 Å². The van der Waals surface area contributed by atoms with Crippen LogP contribution in [0, 0.1) is 0 Å². The first-order valence-electron chi connectivity index (χ1n) is 5.25. The number of nitrogens with one attached hydrogen (secondary N) is 2. The van der Waals surface area contributed by atoms with Gasteiger partial charge in [0.25, 0.3) is 0 Å². The van der Waals surface area contributed by atoms with E-state index < -0.39 is 0 Å². The number of benzene rings is 1. The molecule has 0 aliphatic carbocycles. The number of hydrogen-bond donors (Lipinski definition) is 3. The smallest absolute Gasteiger partial charge is 0.210 e. The van der Waals surface area contributed by atoms with E-state index in [2.05, 4.69) is 15.7 Å². The largest absolute Gasteiger partial charge is 0.493 e. The highest BCUT2D eigenvalue weighted by atomic mass is 16.5. The van der Waals surface area contributed by atoms with Crippen LogP contribution in [0.5, 0.6) is 11.5 Å². The van der Waals surface area contributed by atoms with Crippen molar-refractivity contribution in [3.8, 4) is 11.5 Å². The van der Waals surface area contributed by atoms with Gasteiger partial charge in [0.05, 0.1) is 14.2 Å². The molecule has 17 heavy (non-hydrogen) atoms. The summed E-state index contributed by atoms with van der Waals surface area (Å²) in [5.74, 6) is 7.15. The first-order chi connectivity index (χ1) is 8.24. The predicted octanol–water partition coefficient (Wildman–Crippen LogP) is 0.955. The van der Waals surface area contributed by atoms with Crippen LogP contribution in [0.3, 0.4) is 0 Å². The van der Waals surface area contributed by atoms with Crippen LogP contribution in [-0.2, 0) is 0 Å². The molecule has 6 heteroatoms. The number of hydrogen-bond acceptors (Lipinski definition) is 4. The molecular formula is C11H18N4O2. The van der Waals surface area contributed by atoms with Crippen molar-refractivity contribution in [2.24, 2.45) is 10.8 Å². The van der Waals surface area contributed by atoms with Crippen LogP contribution in [0.1, 0.15) is 6.92 Å². The molecule has 0 unspecified atom stereocenters. The van der Waals surface area contributed by atoms with E-state index in [1.807, 2.05) is 13.0 Å². The number of hydrazine groups is 1. The third-order valence-electron chi connectivity index (χ3n) is 2.10. The van der Waals surface area contributed by atoms with Gasteiger partial charge in [0.15, 0.2) is 11.5 Å². The van der Waals surface area contributed by atoms with Gasteiger partial charge in [-0.1, -0.05) is 0 Å². The summed E-state index contributed by atoms with van der Waals surface area (Å²) in [5.41, 5.74) is 3.30. The van der Waals surface area contributed by atoms with E-state index in [1.54, 1.807) is 26.4 Å². The number of methoxy groups -OCH3 is 2. The minimum Gasteiger partial charge on any atom is -0.493 e. The Labute approximate surface area is 101 Å². The minimum absolute atomic E-state index is 0.500. The first kappa shape index (κ1) is 13.1. The summed E-state index contributed by atoms with van der Waals surface area (Å²) >= 11 is 0. The topological polar surface area (TPSA) is 80.9 Å². The maximum Gasteiger partial charge on any atom is 0.210 e. The Bertz CT molecular complexity index is 393. The van der Waals surface area contributed by atoms with Gasteiger partial charge in [0, 0.05) is 18.3 Å². The van der Waals surface area contributed by atoms with Gasteiger partial charge in [-0.05, 0) is 19.1 Å². The summed E-state index contributed by atoms with van der Waals surface area (Å²) in [7, 11) is 3.18. The van der Waals surface area contributed by atoms with E-state index in [0.29, 0.717) is 24.0 Å². The lowest BCUT2D eigenvalue weighted by atomic mass is 10.3. The van der Waals surface area contributed by atoms with E-state index in [-0.39, 0.29) is 0 Å². The zero-order valence-corrected chi connectivity index (χ0v) is 10.3. The molecular weight excluding hydrogens is 220 g/mol. The fraction of sp³-hybridized carbons (Fsp3) is 0.364. The molecule has 0 bridgehead atoms. The molecule has 4 N–H and O–H groups in total.